The summed E-state index contributed by atoms with van der Waals surface area (Å²) in [5, 5.41) is 3.31. The summed E-state index contributed by atoms with van der Waals surface area (Å²) in [6.45, 7) is 7.81. The Kier molecular flexibility index (Phi) is 3.96. The molecule has 0 saturated heterocycles. The van der Waals surface area contributed by atoms with Gasteiger partial charge in [0.25, 0.3) is 0 Å². The SMILES string of the molecule is CCC(C)(CNC)CC1Cc2cc(C)ccc2O1. The van der Waals surface area contributed by atoms with Crippen LogP contribution in [0.2, 0.25) is 0 Å². The van der Waals surface area contributed by atoms with Crippen LogP contribution in [0.3, 0.4) is 0 Å². The molecule has 0 aromatic heterocycles. The van der Waals surface area contributed by atoms with Crippen LogP contribution < -0.4 is 10.1 Å². The molecule has 2 unspecified atom stereocenters. The van der Waals surface area contributed by atoms with Crippen molar-refractivity contribution in [3.8, 4) is 5.75 Å². The highest BCUT2D eigenvalue weighted by Gasteiger charge is 2.31. The summed E-state index contributed by atoms with van der Waals surface area (Å²) in [6, 6.07) is 6.51. The van der Waals surface area contributed by atoms with Gasteiger partial charge in [0.15, 0.2) is 0 Å². The summed E-state index contributed by atoms with van der Waals surface area (Å²) in [6.07, 6.45) is 3.72. The largest absolute Gasteiger partial charge is 0.490 e. The molecule has 0 amide bonds. The minimum atomic E-state index is 0.330. The van der Waals surface area contributed by atoms with Crippen molar-refractivity contribution >= 4 is 0 Å². The average Bonchev–Trinajstić information content (AvgIpc) is 2.70. The number of nitrogens with one attached hydrogen (secondary N) is 1. The maximum absolute atomic E-state index is 6.08. The molecule has 0 bridgehead atoms. The molecule has 0 radical (unpaired) electrons. The van der Waals surface area contributed by atoms with E-state index in [4.69, 9.17) is 4.74 Å². The molecule has 1 aliphatic rings. The van der Waals surface area contributed by atoms with E-state index in [2.05, 4.69) is 44.3 Å². The normalized spacial score (nSPS) is 21.2. The molecule has 1 N–H and O–H groups in total. The van der Waals surface area contributed by atoms with E-state index in [-0.39, 0.29) is 0 Å². The van der Waals surface area contributed by atoms with E-state index in [1.807, 2.05) is 7.05 Å². The summed E-state index contributed by atoms with van der Waals surface area (Å²) in [4.78, 5) is 0. The fourth-order valence-electron chi connectivity index (χ4n) is 2.88. The van der Waals surface area contributed by atoms with Gasteiger partial charge in [-0.2, -0.15) is 0 Å². The van der Waals surface area contributed by atoms with Gasteiger partial charge in [0.05, 0.1) is 0 Å². The number of hydrogen-bond donors (Lipinski definition) is 1. The van der Waals surface area contributed by atoms with Gasteiger partial charge in [-0.1, -0.05) is 31.5 Å². The monoisotopic (exact) mass is 247 g/mol. The maximum Gasteiger partial charge on any atom is 0.123 e. The lowest BCUT2D eigenvalue weighted by Crippen LogP contribution is -2.34. The van der Waals surface area contributed by atoms with Crippen LogP contribution in [-0.2, 0) is 6.42 Å². The molecule has 0 aliphatic carbocycles. The molecule has 1 heterocycles. The van der Waals surface area contributed by atoms with Crippen LogP contribution in [0.5, 0.6) is 5.75 Å². The number of hydrogen-bond acceptors (Lipinski definition) is 2. The first-order valence-corrected chi connectivity index (χ1v) is 6.97. The molecule has 0 saturated carbocycles. The zero-order valence-electron chi connectivity index (χ0n) is 12.0. The van der Waals surface area contributed by atoms with Crippen molar-refractivity contribution in [1.29, 1.82) is 0 Å². The van der Waals surface area contributed by atoms with E-state index in [1.165, 1.54) is 17.5 Å². The van der Waals surface area contributed by atoms with Crippen LogP contribution in [-0.4, -0.2) is 19.7 Å². The van der Waals surface area contributed by atoms with E-state index in [1.54, 1.807) is 0 Å². The Balaban J connectivity index is 2.02. The number of ether oxygens (including phenoxy) is 1. The highest BCUT2D eigenvalue weighted by molar-refractivity contribution is 5.40. The number of rotatable bonds is 5. The van der Waals surface area contributed by atoms with Crippen molar-refractivity contribution in [2.75, 3.05) is 13.6 Å². The quantitative estimate of drug-likeness (QED) is 0.862. The summed E-state index contributed by atoms with van der Waals surface area (Å²) in [5.41, 5.74) is 3.03. The predicted octanol–water partition coefficient (Wildman–Crippen LogP) is 3.32. The average molecular weight is 247 g/mol. The third-order valence-electron chi connectivity index (χ3n) is 4.13. The molecule has 1 aliphatic heterocycles. The van der Waals surface area contributed by atoms with E-state index < -0.39 is 0 Å². The first-order valence-electron chi connectivity index (χ1n) is 6.97. The standard InChI is InChI=1S/C16H25NO/c1-5-16(3,11-17-4)10-14-9-13-8-12(2)6-7-15(13)18-14/h6-8,14,17H,5,9-11H2,1-4H3. The molecule has 1 aromatic carbocycles. The van der Waals surface area contributed by atoms with Crippen LogP contribution in [0, 0.1) is 12.3 Å². The van der Waals surface area contributed by atoms with Gasteiger partial charge in [0.2, 0.25) is 0 Å². The first kappa shape index (κ1) is 13.4. The van der Waals surface area contributed by atoms with Gasteiger partial charge in [-0.3, -0.25) is 0 Å². The third kappa shape index (κ3) is 2.86. The molecule has 2 atom stereocenters. The van der Waals surface area contributed by atoms with Crippen molar-refractivity contribution in [2.24, 2.45) is 5.41 Å². The molecule has 0 fully saturated rings. The van der Waals surface area contributed by atoms with Crippen LogP contribution >= 0.6 is 0 Å². The van der Waals surface area contributed by atoms with E-state index in [9.17, 15) is 0 Å². The third-order valence-corrected chi connectivity index (χ3v) is 4.13. The van der Waals surface area contributed by atoms with E-state index >= 15 is 0 Å². The molecule has 2 nitrogen and oxygen atoms in total. The molecule has 100 valence electrons. The minimum absolute atomic E-state index is 0.330. The molecular formula is C16H25NO. The van der Waals surface area contributed by atoms with Crippen molar-refractivity contribution in [2.45, 2.75) is 46.1 Å². The second-order valence-corrected chi connectivity index (χ2v) is 5.95. The molecule has 2 rings (SSSR count). The molecule has 2 heteroatoms. The Morgan fingerprint density at radius 3 is 2.89 bits per heavy atom. The van der Waals surface area contributed by atoms with Crippen LogP contribution in [0.15, 0.2) is 18.2 Å². The van der Waals surface area contributed by atoms with Gasteiger partial charge in [-0.15, -0.1) is 0 Å². The highest BCUT2D eigenvalue weighted by atomic mass is 16.5. The molecule has 18 heavy (non-hydrogen) atoms. The minimum Gasteiger partial charge on any atom is -0.490 e. The zero-order chi connectivity index (χ0) is 13.2. The molecule has 0 spiro atoms. The smallest absolute Gasteiger partial charge is 0.123 e. The van der Waals surface area contributed by atoms with Gasteiger partial charge in [-0.25, -0.2) is 0 Å². The topological polar surface area (TPSA) is 21.3 Å². The van der Waals surface area contributed by atoms with Crippen molar-refractivity contribution in [3.63, 3.8) is 0 Å². The van der Waals surface area contributed by atoms with Gasteiger partial charge in [-0.05, 0) is 43.9 Å². The summed E-state index contributed by atoms with van der Waals surface area (Å²) in [7, 11) is 2.03. The van der Waals surface area contributed by atoms with Gasteiger partial charge < -0.3 is 10.1 Å². The van der Waals surface area contributed by atoms with Crippen molar-refractivity contribution < 1.29 is 4.74 Å². The fraction of sp³-hybridized carbons (Fsp3) is 0.625. The Bertz CT molecular complexity index is 416. The summed E-state index contributed by atoms with van der Waals surface area (Å²) < 4.78 is 6.08. The highest BCUT2D eigenvalue weighted by Crippen LogP contribution is 2.36. The predicted molar refractivity (Wildman–Crippen MR) is 76.2 cm³/mol. The Labute approximate surface area is 111 Å². The van der Waals surface area contributed by atoms with Crippen LogP contribution in [0.25, 0.3) is 0 Å². The number of benzene rings is 1. The lowest BCUT2D eigenvalue weighted by atomic mass is 9.81. The van der Waals surface area contributed by atoms with E-state index in [0.29, 0.717) is 11.5 Å². The first-order chi connectivity index (χ1) is 8.56. The van der Waals surface area contributed by atoms with Gasteiger partial charge in [0, 0.05) is 13.0 Å². The fourth-order valence-corrected chi connectivity index (χ4v) is 2.88. The Morgan fingerprint density at radius 1 is 1.44 bits per heavy atom. The van der Waals surface area contributed by atoms with Gasteiger partial charge in [0.1, 0.15) is 11.9 Å². The van der Waals surface area contributed by atoms with E-state index in [0.717, 1.165) is 25.1 Å². The molecular weight excluding hydrogens is 222 g/mol. The Morgan fingerprint density at radius 2 is 2.22 bits per heavy atom. The Hall–Kier alpha value is -1.02. The number of fused-ring (bicyclic) bond motifs is 1. The number of aryl methyl sites for hydroxylation is 1. The van der Waals surface area contributed by atoms with Crippen LogP contribution in [0.1, 0.15) is 37.8 Å². The van der Waals surface area contributed by atoms with Crippen LogP contribution in [0.4, 0.5) is 0 Å². The lowest BCUT2D eigenvalue weighted by molar-refractivity contribution is 0.141. The summed E-state index contributed by atoms with van der Waals surface area (Å²) >= 11 is 0. The maximum atomic E-state index is 6.08. The zero-order valence-corrected chi connectivity index (χ0v) is 12.0. The second kappa shape index (κ2) is 5.31. The lowest BCUT2D eigenvalue weighted by Gasteiger charge is -2.30. The molecule has 1 aromatic rings. The van der Waals surface area contributed by atoms with Crippen molar-refractivity contribution in [1.82, 2.24) is 5.32 Å². The van der Waals surface area contributed by atoms with Crippen molar-refractivity contribution in [3.05, 3.63) is 29.3 Å². The van der Waals surface area contributed by atoms with Gasteiger partial charge >= 0.3 is 0 Å². The summed E-state index contributed by atoms with van der Waals surface area (Å²) in [5.74, 6) is 1.09. The second-order valence-electron chi connectivity index (χ2n) is 5.95.